The van der Waals surface area contributed by atoms with Crippen molar-refractivity contribution in [1.82, 2.24) is 0 Å². The zero-order chi connectivity index (χ0) is 13.0. The molecule has 94 valence electrons. The van der Waals surface area contributed by atoms with Crippen molar-refractivity contribution in [2.24, 2.45) is 0 Å². The number of carbonyl (C=O) groups is 1. The lowest BCUT2D eigenvalue weighted by Gasteiger charge is -2.06. The molecule has 2 aromatic rings. The van der Waals surface area contributed by atoms with Gasteiger partial charge in [0.1, 0.15) is 11.5 Å². The number of methoxy groups -OCH3 is 1. The highest BCUT2D eigenvalue weighted by Gasteiger charge is 2.09. The van der Waals surface area contributed by atoms with E-state index in [1.54, 1.807) is 23.6 Å². The van der Waals surface area contributed by atoms with Crippen LogP contribution in [0.25, 0.3) is 0 Å². The normalized spacial score (nSPS) is 10.1. The molecule has 1 aromatic carbocycles. The predicted octanol–water partition coefficient (Wildman–Crippen LogP) is 3.25. The molecular formula is C13H11FO3S. The molecule has 0 amide bonds. The van der Waals surface area contributed by atoms with Gasteiger partial charge >= 0.3 is 5.97 Å². The van der Waals surface area contributed by atoms with Crippen LogP contribution in [0.3, 0.4) is 0 Å². The van der Waals surface area contributed by atoms with E-state index in [-0.39, 0.29) is 12.4 Å². The Labute approximate surface area is 108 Å². The fourth-order valence-electron chi connectivity index (χ4n) is 1.41. The fraction of sp³-hybridized carbons (Fsp3) is 0.154. The highest BCUT2D eigenvalue weighted by atomic mass is 32.1. The Balaban J connectivity index is 1.98. The van der Waals surface area contributed by atoms with Crippen LogP contribution in [0.2, 0.25) is 0 Å². The summed E-state index contributed by atoms with van der Waals surface area (Å²) in [6, 6.07) is 7.91. The van der Waals surface area contributed by atoms with Gasteiger partial charge in [0, 0.05) is 0 Å². The standard InChI is InChI=1S/C13H11FO3S/c1-16-11-5-4-9(7-10(11)14)8-17-13(15)12-3-2-6-18-12/h2-7H,8H2,1H3. The van der Waals surface area contributed by atoms with Gasteiger partial charge < -0.3 is 9.47 Å². The van der Waals surface area contributed by atoms with E-state index in [0.717, 1.165) is 0 Å². The lowest BCUT2D eigenvalue weighted by molar-refractivity contribution is 0.0478. The monoisotopic (exact) mass is 266 g/mol. The number of thiophene rings is 1. The Morgan fingerprint density at radius 2 is 2.22 bits per heavy atom. The molecule has 3 nitrogen and oxygen atoms in total. The van der Waals surface area contributed by atoms with Gasteiger partial charge in [-0.2, -0.15) is 0 Å². The second-order valence-corrected chi connectivity index (χ2v) is 4.47. The molecule has 5 heteroatoms. The Morgan fingerprint density at radius 3 is 2.83 bits per heavy atom. The average molecular weight is 266 g/mol. The summed E-state index contributed by atoms with van der Waals surface area (Å²) in [6.07, 6.45) is 0. The zero-order valence-electron chi connectivity index (χ0n) is 9.68. The summed E-state index contributed by atoms with van der Waals surface area (Å²) < 4.78 is 23.3. The van der Waals surface area contributed by atoms with E-state index in [9.17, 15) is 9.18 Å². The van der Waals surface area contributed by atoms with Gasteiger partial charge in [-0.3, -0.25) is 0 Å². The molecular weight excluding hydrogens is 255 g/mol. The van der Waals surface area contributed by atoms with Crippen LogP contribution >= 0.6 is 11.3 Å². The van der Waals surface area contributed by atoms with Crippen LogP contribution in [-0.2, 0) is 11.3 Å². The van der Waals surface area contributed by atoms with Gasteiger partial charge in [-0.15, -0.1) is 11.3 Å². The van der Waals surface area contributed by atoms with E-state index >= 15 is 0 Å². The summed E-state index contributed by atoms with van der Waals surface area (Å²) >= 11 is 1.31. The number of hydrogen-bond acceptors (Lipinski definition) is 4. The maximum Gasteiger partial charge on any atom is 0.348 e. The molecule has 0 aliphatic carbocycles. The van der Waals surface area contributed by atoms with Crippen LogP contribution in [0.15, 0.2) is 35.7 Å². The highest BCUT2D eigenvalue weighted by molar-refractivity contribution is 7.11. The van der Waals surface area contributed by atoms with Crippen molar-refractivity contribution in [2.75, 3.05) is 7.11 Å². The maximum atomic E-state index is 13.4. The molecule has 0 saturated carbocycles. The van der Waals surface area contributed by atoms with Gasteiger partial charge in [0.05, 0.1) is 7.11 Å². The summed E-state index contributed by atoms with van der Waals surface area (Å²) in [4.78, 5) is 12.1. The van der Waals surface area contributed by atoms with Gasteiger partial charge in [-0.1, -0.05) is 12.1 Å². The third-order valence-electron chi connectivity index (χ3n) is 2.31. The number of ether oxygens (including phenoxy) is 2. The number of carbonyl (C=O) groups excluding carboxylic acids is 1. The Bertz CT molecular complexity index is 537. The first-order valence-electron chi connectivity index (χ1n) is 5.24. The molecule has 0 atom stereocenters. The molecule has 0 aliphatic heterocycles. The van der Waals surface area contributed by atoms with Crippen molar-refractivity contribution >= 4 is 17.3 Å². The fourth-order valence-corrected chi connectivity index (χ4v) is 2.03. The molecule has 0 radical (unpaired) electrons. The van der Waals surface area contributed by atoms with E-state index in [0.29, 0.717) is 10.4 Å². The van der Waals surface area contributed by atoms with Crippen molar-refractivity contribution < 1.29 is 18.7 Å². The van der Waals surface area contributed by atoms with Crippen molar-refractivity contribution in [2.45, 2.75) is 6.61 Å². The first-order chi connectivity index (χ1) is 8.70. The van der Waals surface area contributed by atoms with E-state index in [4.69, 9.17) is 9.47 Å². The number of halogens is 1. The van der Waals surface area contributed by atoms with Crippen molar-refractivity contribution in [3.8, 4) is 5.75 Å². The van der Waals surface area contributed by atoms with E-state index in [1.807, 2.05) is 0 Å². The van der Waals surface area contributed by atoms with Crippen molar-refractivity contribution in [3.05, 3.63) is 52.0 Å². The SMILES string of the molecule is COc1ccc(COC(=O)c2cccs2)cc1F. The van der Waals surface area contributed by atoms with Crippen molar-refractivity contribution in [1.29, 1.82) is 0 Å². The molecule has 1 aromatic heterocycles. The van der Waals surface area contributed by atoms with Crippen LogP contribution in [-0.4, -0.2) is 13.1 Å². The number of esters is 1. The molecule has 0 fully saturated rings. The van der Waals surface area contributed by atoms with Crippen LogP contribution in [0.5, 0.6) is 5.75 Å². The molecule has 0 bridgehead atoms. The summed E-state index contributed by atoms with van der Waals surface area (Å²) in [7, 11) is 1.40. The lowest BCUT2D eigenvalue weighted by Crippen LogP contribution is -2.03. The average Bonchev–Trinajstić information content (AvgIpc) is 2.90. The summed E-state index contributed by atoms with van der Waals surface area (Å²) in [6.45, 7) is 0.0393. The highest BCUT2D eigenvalue weighted by Crippen LogP contribution is 2.18. The quantitative estimate of drug-likeness (QED) is 0.797. The minimum absolute atomic E-state index is 0.0393. The summed E-state index contributed by atoms with van der Waals surface area (Å²) in [5, 5.41) is 1.80. The molecule has 0 unspecified atom stereocenters. The van der Waals surface area contributed by atoms with Crippen LogP contribution in [0, 0.1) is 5.82 Å². The largest absolute Gasteiger partial charge is 0.494 e. The second kappa shape index (κ2) is 5.64. The van der Waals surface area contributed by atoms with Gasteiger partial charge in [0.2, 0.25) is 0 Å². The topological polar surface area (TPSA) is 35.5 Å². The number of benzene rings is 1. The van der Waals surface area contributed by atoms with E-state index < -0.39 is 11.8 Å². The molecule has 0 N–H and O–H groups in total. The number of hydrogen-bond donors (Lipinski definition) is 0. The maximum absolute atomic E-state index is 13.4. The van der Waals surface area contributed by atoms with Gasteiger partial charge in [0.15, 0.2) is 11.6 Å². The van der Waals surface area contributed by atoms with E-state index in [2.05, 4.69) is 0 Å². The molecule has 0 spiro atoms. The van der Waals surface area contributed by atoms with E-state index in [1.165, 1.54) is 30.6 Å². The molecule has 2 rings (SSSR count). The predicted molar refractivity (Wildman–Crippen MR) is 66.4 cm³/mol. The third-order valence-corrected chi connectivity index (χ3v) is 3.16. The van der Waals surface area contributed by atoms with Gasteiger partial charge in [-0.25, -0.2) is 9.18 Å². The Kier molecular flexibility index (Phi) is 3.94. The smallest absolute Gasteiger partial charge is 0.348 e. The van der Waals surface area contributed by atoms with Gasteiger partial charge in [0.25, 0.3) is 0 Å². The summed E-state index contributed by atoms with van der Waals surface area (Å²) in [5.74, 6) is -0.702. The first kappa shape index (κ1) is 12.6. The molecule has 18 heavy (non-hydrogen) atoms. The zero-order valence-corrected chi connectivity index (χ0v) is 10.5. The Morgan fingerprint density at radius 1 is 1.39 bits per heavy atom. The van der Waals surface area contributed by atoms with Gasteiger partial charge in [-0.05, 0) is 29.1 Å². The van der Waals surface area contributed by atoms with Crippen molar-refractivity contribution in [3.63, 3.8) is 0 Å². The first-order valence-corrected chi connectivity index (χ1v) is 6.11. The Hall–Kier alpha value is -1.88. The number of rotatable bonds is 4. The minimum Gasteiger partial charge on any atom is -0.494 e. The molecule has 1 heterocycles. The van der Waals surface area contributed by atoms with Crippen LogP contribution in [0.4, 0.5) is 4.39 Å². The minimum atomic E-state index is -0.470. The third kappa shape index (κ3) is 2.87. The second-order valence-electron chi connectivity index (χ2n) is 3.52. The van der Waals surface area contributed by atoms with Crippen LogP contribution in [0.1, 0.15) is 15.2 Å². The molecule has 0 saturated heterocycles. The lowest BCUT2D eigenvalue weighted by atomic mass is 10.2. The van der Waals surface area contributed by atoms with Crippen LogP contribution < -0.4 is 4.74 Å². The summed E-state index contributed by atoms with van der Waals surface area (Å²) in [5.41, 5.74) is 0.582. The molecule has 0 aliphatic rings.